The highest BCUT2D eigenvalue weighted by Gasteiger charge is 2.47. The Morgan fingerprint density at radius 2 is 0.738 bits per heavy atom. The van der Waals surface area contributed by atoms with Crippen LogP contribution in [0, 0.1) is 3.57 Å². The zero-order chi connectivity index (χ0) is 53.1. The van der Waals surface area contributed by atoms with E-state index in [4.69, 9.17) is 0 Å². The Labute approximate surface area is 499 Å². The van der Waals surface area contributed by atoms with Crippen molar-refractivity contribution >= 4 is 76.3 Å². The third-order valence-corrected chi connectivity index (χ3v) is 18.2. The Morgan fingerprint density at radius 1 is 0.312 bits per heavy atom. The molecule has 80 heavy (non-hydrogen) atoms. The van der Waals surface area contributed by atoms with Gasteiger partial charge >= 0.3 is 0 Å². The Morgan fingerprint density at radius 3 is 1.32 bits per heavy atom. The van der Waals surface area contributed by atoms with Crippen LogP contribution in [0.4, 0.5) is 0 Å². The maximum absolute atomic E-state index is 3.72. The first-order valence-corrected chi connectivity index (χ1v) is 29.5. The zero-order valence-corrected chi connectivity index (χ0v) is 48.3. The van der Waals surface area contributed by atoms with Gasteiger partial charge in [0, 0.05) is 29.0 Å². The van der Waals surface area contributed by atoms with Gasteiger partial charge in [-0.1, -0.05) is 276 Å². The molecule has 0 atom stereocenters. The maximum atomic E-state index is 3.72. The van der Waals surface area contributed by atoms with Gasteiger partial charge in [0.2, 0.25) is 0 Å². The van der Waals surface area contributed by atoms with Gasteiger partial charge in [-0.05, 0) is 173 Å². The number of nitrogens with zero attached hydrogens (tertiary/aromatic N) is 1. The van der Waals surface area contributed by atoms with Gasteiger partial charge in [0.1, 0.15) is 0 Å². The summed E-state index contributed by atoms with van der Waals surface area (Å²) >= 11 is 9.64. The average molecular weight is 1270 g/mol. The molecule has 13 aromatic rings. The van der Waals surface area contributed by atoms with Gasteiger partial charge in [-0.3, -0.25) is 0 Å². The van der Waals surface area contributed by atoms with Crippen molar-refractivity contribution in [1.82, 2.24) is 4.57 Å². The van der Waals surface area contributed by atoms with Crippen molar-refractivity contribution < 1.29 is 0 Å². The molecule has 1 aromatic heterocycles. The lowest BCUT2D eigenvalue weighted by molar-refractivity contribution is 0.768. The van der Waals surface area contributed by atoms with Crippen molar-refractivity contribution in [3.05, 3.63) is 359 Å². The van der Waals surface area contributed by atoms with Crippen LogP contribution in [0.5, 0.6) is 0 Å². The fourth-order valence-electron chi connectivity index (χ4n) is 13.3. The van der Waals surface area contributed by atoms with E-state index in [-0.39, 0.29) is 18.3 Å². The monoisotopic (exact) mass is 1270 g/mol. The summed E-state index contributed by atoms with van der Waals surface area (Å²) in [6.45, 7) is 0. The number of halogens is 3. The lowest BCUT2D eigenvalue weighted by Crippen LogP contribution is -2.28. The molecule has 0 fully saturated rings. The lowest BCUT2D eigenvalue weighted by atomic mass is 9.68. The van der Waals surface area contributed by atoms with E-state index in [0.717, 1.165) is 10.9 Å². The fourth-order valence-corrected chi connectivity index (χ4v) is 14.6. The highest BCUT2D eigenvalue weighted by Crippen LogP contribution is 2.58. The molecule has 384 valence electrons. The number of para-hydroxylation sites is 1. The third kappa shape index (κ3) is 8.37. The molecule has 0 aliphatic heterocycles. The predicted molar refractivity (Wildman–Crippen MR) is 351 cm³/mol. The van der Waals surface area contributed by atoms with Gasteiger partial charge in [-0.15, -0.1) is 0 Å². The van der Waals surface area contributed by atoms with Crippen molar-refractivity contribution in [2.45, 2.75) is 24.7 Å². The van der Waals surface area contributed by atoms with E-state index in [1.807, 2.05) is 0 Å². The van der Waals surface area contributed by atoms with Crippen LogP contribution in [0.15, 0.2) is 300 Å². The summed E-state index contributed by atoms with van der Waals surface area (Å²) in [6.07, 6.45) is 1.07. The molecule has 4 heteroatoms. The summed E-state index contributed by atoms with van der Waals surface area (Å²) in [4.78, 5) is 0. The second-order valence-corrected chi connectivity index (χ2v) is 23.7. The minimum atomic E-state index is -0.378. The first-order chi connectivity index (χ1) is 38.9. The Kier molecular flexibility index (Phi) is 13.7. The van der Waals surface area contributed by atoms with Crippen molar-refractivity contribution in [1.29, 1.82) is 0 Å². The number of rotatable bonds is 5. The topological polar surface area (TPSA) is 4.93 Å². The van der Waals surface area contributed by atoms with Gasteiger partial charge in [0.15, 0.2) is 0 Å². The number of fused-ring (bicyclic) bond motifs is 12. The highest BCUT2D eigenvalue weighted by molar-refractivity contribution is 14.1. The largest absolute Gasteiger partial charge is 0.309 e. The van der Waals surface area contributed by atoms with E-state index < -0.39 is 0 Å². The van der Waals surface area contributed by atoms with Crippen molar-refractivity contribution in [2.24, 2.45) is 0 Å². The fraction of sp³-hybridized carbons (Fsp3) is 0.0526. The maximum Gasteiger partial charge on any atom is 0.0713 e. The molecule has 0 radical (unpaired) electrons. The molecule has 16 rings (SSSR count). The van der Waals surface area contributed by atoms with E-state index in [1.165, 1.54) is 125 Å². The second-order valence-electron chi connectivity index (χ2n) is 20.6. The van der Waals surface area contributed by atoms with Gasteiger partial charge < -0.3 is 4.57 Å². The van der Waals surface area contributed by atoms with E-state index in [9.17, 15) is 0 Å². The molecule has 0 amide bonds. The SMILES string of the molecule is Brc1ccc2c(c1)Cc1ccccc1-2.Brc1ccc2c3ccccc3n(-c3ccc4c(c3)-c3ccccc3C4(c3ccccc3)c3ccccc3)c2c1.C.Ic1ccc2c(c1)-c1ccccc1C2(c1ccccc1)c1ccccc1. The average Bonchev–Trinajstić information content (AvgIpc) is 4.36. The van der Waals surface area contributed by atoms with Crippen LogP contribution in [-0.2, 0) is 17.3 Å². The van der Waals surface area contributed by atoms with E-state index in [1.54, 1.807) is 0 Å². The third-order valence-electron chi connectivity index (χ3n) is 16.5. The van der Waals surface area contributed by atoms with E-state index >= 15 is 0 Å². The van der Waals surface area contributed by atoms with Gasteiger partial charge in [-0.25, -0.2) is 0 Å². The highest BCUT2D eigenvalue weighted by atomic mass is 127. The molecule has 1 heterocycles. The first-order valence-electron chi connectivity index (χ1n) is 26.8. The second kappa shape index (κ2) is 21.3. The summed E-state index contributed by atoms with van der Waals surface area (Å²) in [6, 6.07) is 106. The minimum Gasteiger partial charge on any atom is -0.309 e. The molecule has 3 aliphatic carbocycles. The molecule has 0 N–H and O–H groups in total. The quantitative estimate of drug-likeness (QED) is 0.151. The van der Waals surface area contributed by atoms with Gasteiger partial charge in [0.05, 0.1) is 21.9 Å². The van der Waals surface area contributed by atoms with Crippen molar-refractivity contribution in [3.8, 4) is 39.1 Å². The number of hydrogen-bond donors (Lipinski definition) is 0. The summed E-state index contributed by atoms with van der Waals surface area (Å²) in [5, 5.41) is 2.53. The smallest absolute Gasteiger partial charge is 0.0713 e. The molecule has 0 spiro atoms. The standard InChI is InChI=1S/C37H24BrN.C25H17I.C13H9Br.CH4/c38-27-19-21-31-30-16-8-10-18-35(30)39(36(31)23-27)28-20-22-34-32(24-28)29-15-7-9-17-33(29)37(34,25-11-3-1-4-12-25)26-13-5-2-6-14-26;26-20-15-16-24-22(17-20)21-13-7-8-14-23(21)25(24,18-9-3-1-4-10-18)19-11-5-2-6-12-19;14-11-5-6-13-10(8-11)7-9-3-1-2-4-12(9)13;/h1-24H;1-17H;1-6,8H,7H2;1H4. The van der Waals surface area contributed by atoms with E-state index in [0.29, 0.717) is 0 Å². The molecule has 0 saturated carbocycles. The predicted octanol–water partition coefficient (Wildman–Crippen LogP) is 21.2. The molecule has 0 saturated heterocycles. The van der Waals surface area contributed by atoms with Crippen LogP contribution in [0.25, 0.3) is 60.9 Å². The van der Waals surface area contributed by atoms with Crippen molar-refractivity contribution in [2.75, 3.05) is 0 Å². The molecular formula is C76H54Br2IN. The molecule has 0 bridgehead atoms. The van der Waals surface area contributed by atoms with Crippen LogP contribution >= 0.6 is 54.5 Å². The lowest BCUT2D eigenvalue weighted by Gasteiger charge is -2.33. The summed E-state index contributed by atoms with van der Waals surface area (Å²) in [7, 11) is 0. The number of aromatic nitrogens is 1. The van der Waals surface area contributed by atoms with Crippen LogP contribution in [0.2, 0.25) is 0 Å². The molecule has 0 unspecified atom stereocenters. The Balaban J connectivity index is 0.000000126. The molecule has 3 aliphatic rings. The number of benzene rings is 12. The molecular weight excluding hydrogens is 1210 g/mol. The zero-order valence-electron chi connectivity index (χ0n) is 43.0. The van der Waals surface area contributed by atoms with Crippen molar-refractivity contribution in [3.63, 3.8) is 0 Å². The summed E-state index contributed by atoms with van der Waals surface area (Å²) in [5.41, 5.74) is 24.5. The first kappa shape index (κ1) is 51.6. The summed E-state index contributed by atoms with van der Waals surface area (Å²) in [5.74, 6) is 0. The van der Waals surface area contributed by atoms with Crippen LogP contribution in [0.3, 0.4) is 0 Å². The van der Waals surface area contributed by atoms with Gasteiger partial charge in [-0.2, -0.15) is 0 Å². The van der Waals surface area contributed by atoms with Crippen LogP contribution in [0.1, 0.15) is 63.1 Å². The minimum absolute atomic E-state index is 0. The molecule has 1 nitrogen and oxygen atoms in total. The Bertz CT molecular complexity index is 4350. The van der Waals surface area contributed by atoms with Crippen LogP contribution < -0.4 is 0 Å². The number of hydrogen-bond acceptors (Lipinski definition) is 0. The normalized spacial score (nSPS) is 13.2. The van der Waals surface area contributed by atoms with Gasteiger partial charge in [0.25, 0.3) is 0 Å². The van der Waals surface area contributed by atoms with E-state index in [2.05, 4.69) is 350 Å². The molecule has 12 aromatic carbocycles. The van der Waals surface area contributed by atoms with Crippen LogP contribution in [-0.4, -0.2) is 4.57 Å². The Hall–Kier alpha value is -7.87. The summed E-state index contributed by atoms with van der Waals surface area (Å²) < 4.78 is 5.93.